The molecule has 28 heavy (non-hydrogen) atoms. The molecule has 0 saturated carbocycles. The molecule has 4 nitrogen and oxygen atoms in total. The fourth-order valence-electron chi connectivity index (χ4n) is 3.76. The molecule has 1 unspecified atom stereocenters. The summed E-state index contributed by atoms with van der Waals surface area (Å²) in [6.45, 7) is 9.01. The van der Waals surface area contributed by atoms with Crippen molar-refractivity contribution in [2.24, 2.45) is 0 Å². The smallest absolute Gasteiger partial charge is 0.258 e. The van der Waals surface area contributed by atoms with Gasteiger partial charge in [0.25, 0.3) is 5.91 Å². The van der Waals surface area contributed by atoms with Crippen molar-refractivity contribution < 1.29 is 9.53 Å². The molecule has 0 spiro atoms. The number of piperidine rings is 1. The number of nitrogens with zero attached hydrogens (tertiary/aromatic N) is 1. The highest BCUT2D eigenvalue weighted by atomic mass is 16.5. The van der Waals surface area contributed by atoms with E-state index >= 15 is 0 Å². The van der Waals surface area contributed by atoms with E-state index in [9.17, 15) is 4.79 Å². The van der Waals surface area contributed by atoms with E-state index in [1.54, 1.807) is 0 Å². The molecule has 1 aliphatic rings. The topological polar surface area (TPSA) is 41.6 Å². The third kappa shape index (κ3) is 5.35. The molecule has 1 saturated heterocycles. The number of amides is 1. The zero-order valence-electron chi connectivity index (χ0n) is 17.3. The summed E-state index contributed by atoms with van der Waals surface area (Å²) in [4.78, 5) is 14.9. The Hall–Kier alpha value is -2.33. The quantitative estimate of drug-likeness (QED) is 0.777. The maximum Gasteiger partial charge on any atom is 0.258 e. The first-order chi connectivity index (χ1) is 13.5. The number of carbonyl (C=O) groups excluding carboxylic acids is 1. The van der Waals surface area contributed by atoms with E-state index in [4.69, 9.17) is 4.74 Å². The second-order valence-corrected chi connectivity index (χ2v) is 7.81. The Bertz CT molecular complexity index is 780. The van der Waals surface area contributed by atoms with Gasteiger partial charge < -0.3 is 10.1 Å². The first-order valence-corrected chi connectivity index (χ1v) is 10.3. The Balaban J connectivity index is 1.60. The molecule has 0 aliphatic carbocycles. The molecule has 1 fully saturated rings. The molecular formula is C24H32N2O2. The van der Waals surface area contributed by atoms with Gasteiger partial charge >= 0.3 is 0 Å². The molecule has 1 atom stereocenters. The number of hydrogen-bond donors (Lipinski definition) is 1. The van der Waals surface area contributed by atoms with Crippen LogP contribution in [0.2, 0.25) is 0 Å². The van der Waals surface area contributed by atoms with Gasteiger partial charge in [-0.05, 0) is 69.5 Å². The third-order valence-corrected chi connectivity index (χ3v) is 5.70. The summed E-state index contributed by atoms with van der Waals surface area (Å²) in [5, 5.41) is 3.09. The van der Waals surface area contributed by atoms with Crippen molar-refractivity contribution in [3.05, 3.63) is 64.7 Å². The van der Waals surface area contributed by atoms with Gasteiger partial charge in [0.05, 0.1) is 6.04 Å². The zero-order valence-corrected chi connectivity index (χ0v) is 17.3. The average Bonchev–Trinajstić information content (AvgIpc) is 2.71. The summed E-state index contributed by atoms with van der Waals surface area (Å²) in [5.41, 5.74) is 4.78. The fourth-order valence-corrected chi connectivity index (χ4v) is 3.76. The minimum absolute atomic E-state index is 0.0465. The van der Waals surface area contributed by atoms with Crippen molar-refractivity contribution in [2.75, 3.05) is 26.2 Å². The fraction of sp³-hybridized carbons (Fsp3) is 0.458. The van der Waals surface area contributed by atoms with Crippen LogP contribution in [0, 0.1) is 20.8 Å². The predicted molar refractivity (Wildman–Crippen MR) is 114 cm³/mol. The molecule has 4 heteroatoms. The van der Waals surface area contributed by atoms with Crippen LogP contribution >= 0.6 is 0 Å². The van der Waals surface area contributed by atoms with Gasteiger partial charge in [-0.25, -0.2) is 0 Å². The summed E-state index contributed by atoms with van der Waals surface area (Å²) in [6, 6.07) is 14.8. The van der Waals surface area contributed by atoms with Crippen molar-refractivity contribution in [2.45, 2.75) is 46.1 Å². The van der Waals surface area contributed by atoms with Crippen molar-refractivity contribution >= 4 is 5.91 Å². The van der Waals surface area contributed by atoms with Crippen molar-refractivity contribution in [1.29, 1.82) is 0 Å². The maximum atomic E-state index is 12.4. The van der Waals surface area contributed by atoms with Crippen LogP contribution in [0.4, 0.5) is 0 Å². The van der Waals surface area contributed by atoms with Gasteiger partial charge in [-0.15, -0.1) is 0 Å². The van der Waals surface area contributed by atoms with E-state index in [1.165, 1.54) is 36.0 Å². The van der Waals surface area contributed by atoms with Gasteiger partial charge in [0.2, 0.25) is 0 Å². The summed E-state index contributed by atoms with van der Waals surface area (Å²) < 4.78 is 5.75. The lowest BCUT2D eigenvalue weighted by Gasteiger charge is -2.35. The first kappa shape index (κ1) is 20.4. The number of nitrogens with one attached hydrogen (secondary N) is 1. The molecule has 1 heterocycles. The molecule has 3 rings (SSSR count). The predicted octanol–water partition coefficient (Wildman–Crippen LogP) is 4.33. The highest BCUT2D eigenvalue weighted by Gasteiger charge is 2.23. The normalized spacial score (nSPS) is 15.8. The Morgan fingerprint density at radius 1 is 1.04 bits per heavy atom. The molecule has 2 aromatic rings. The largest absolute Gasteiger partial charge is 0.483 e. The SMILES string of the molecule is Cc1ccc(C(CNC(=O)COc2cccc(C)c2C)N2CCCCC2)cc1. The summed E-state index contributed by atoms with van der Waals surface area (Å²) in [6.07, 6.45) is 3.76. The lowest BCUT2D eigenvalue weighted by atomic mass is 10.0. The molecule has 0 aromatic heterocycles. The summed E-state index contributed by atoms with van der Waals surface area (Å²) >= 11 is 0. The minimum atomic E-state index is -0.0740. The van der Waals surface area contributed by atoms with Gasteiger partial charge in [-0.3, -0.25) is 9.69 Å². The van der Waals surface area contributed by atoms with E-state index in [-0.39, 0.29) is 18.6 Å². The van der Waals surface area contributed by atoms with Crippen LogP contribution in [0.25, 0.3) is 0 Å². The number of carbonyl (C=O) groups is 1. The van der Waals surface area contributed by atoms with Crippen LogP contribution in [0.15, 0.2) is 42.5 Å². The van der Waals surface area contributed by atoms with Crippen molar-refractivity contribution in [3.63, 3.8) is 0 Å². The Labute approximate surface area is 168 Å². The van der Waals surface area contributed by atoms with E-state index < -0.39 is 0 Å². The van der Waals surface area contributed by atoms with Crippen LogP contribution < -0.4 is 10.1 Å². The third-order valence-electron chi connectivity index (χ3n) is 5.70. The number of rotatable bonds is 7. The highest BCUT2D eigenvalue weighted by molar-refractivity contribution is 5.77. The number of aryl methyl sites for hydroxylation is 2. The second-order valence-electron chi connectivity index (χ2n) is 7.81. The van der Waals surface area contributed by atoms with Crippen LogP contribution in [0.5, 0.6) is 5.75 Å². The monoisotopic (exact) mass is 380 g/mol. The molecule has 1 amide bonds. The molecular weight excluding hydrogens is 348 g/mol. The zero-order chi connectivity index (χ0) is 19.9. The standard InChI is InChI=1S/C24H32N2O2/c1-18-10-12-21(13-11-18)22(26-14-5-4-6-15-26)16-25-24(27)17-28-23-9-7-8-19(2)20(23)3/h7-13,22H,4-6,14-17H2,1-3H3,(H,25,27). The van der Waals surface area contributed by atoms with E-state index in [0.717, 1.165) is 24.4 Å². The van der Waals surface area contributed by atoms with Gasteiger partial charge in [0.15, 0.2) is 6.61 Å². The Kier molecular flexibility index (Phi) is 7.10. The van der Waals surface area contributed by atoms with E-state index in [2.05, 4.69) is 41.4 Å². The van der Waals surface area contributed by atoms with E-state index in [0.29, 0.717) is 6.54 Å². The molecule has 2 aromatic carbocycles. The summed E-state index contributed by atoms with van der Waals surface area (Å²) in [7, 11) is 0. The number of ether oxygens (including phenoxy) is 1. The molecule has 150 valence electrons. The number of likely N-dealkylation sites (tertiary alicyclic amines) is 1. The van der Waals surface area contributed by atoms with Crippen LogP contribution in [-0.4, -0.2) is 37.0 Å². The average molecular weight is 381 g/mol. The van der Waals surface area contributed by atoms with E-state index in [1.807, 2.05) is 32.0 Å². The summed E-state index contributed by atoms with van der Waals surface area (Å²) in [5.74, 6) is 0.705. The molecule has 0 radical (unpaired) electrons. The lowest BCUT2D eigenvalue weighted by molar-refractivity contribution is -0.123. The number of benzene rings is 2. The Morgan fingerprint density at radius 2 is 1.75 bits per heavy atom. The van der Waals surface area contributed by atoms with Crippen LogP contribution in [0.1, 0.15) is 47.6 Å². The molecule has 1 aliphatic heterocycles. The van der Waals surface area contributed by atoms with Gasteiger partial charge in [-0.2, -0.15) is 0 Å². The minimum Gasteiger partial charge on any atom is -0.483 e. The van der Waals surface area contributed by atoms with Gasteiger partial charge in [0.1, 0.15) is 5.75 Å². The van der Waals surface area contributed by atoms with Crippen LogP contribution in [0.3, 0.4) is 0 Å². The van der Waals surface area contributed by atoms with Crippen LogP contribution in [-0.2, 0) is 4.79 Å². The Morgan fingerprint density at radius 3 is 2.46 bits per heavy atom. The first-order valence-electron chi connectivity index (χ1n) is 10.3. The van der Waals surface area contributed by atoms with Crippen molar-refractivity contribution in [1.82, 2.24) is 10.2 Å². The van der Waals surface area contributed by atoms with Gasteiger partial charge in [0, 0.05) is 6.54 Å². The molecule has 1 N–H and O–H groups in total. The highest BCUT2D eigenvalue weighted by Crippen LogP contribution is 2.25. The molecule has 0 bridgehead atoms. The van der Waals surface area contributed by atoms with Gasteiger partial charge in [-0.1, -0.05) is 48.4 Å². The maximum absolute atomic E-state index is 12.4. The second kappa shape index (κ2) is 9.74. The lowest BCUT2D eigenvalue weighted by Crippen LogP contribution is -2.41. The number of hydrogen-bond acceptors (Lipinski definition) is 3. The van der Waals surface area contributed by atoms with Crippen molar-refractivity contribution in [3.8, 4) is 5.75 Å².